The van der Waals surface area contributed by atoms with E-state index in [2.05, 4.69) is 24.3 Å². The summed E-state index contributed by atoms with van der Waals surface area (Å²) in [6.45, 7) is 0. The SMILES string of the molecule is C[S+]([O-])c1cccc(CCc2ccc(C3CC3)cc2C=O)c1. The van der Waals surface area contributed by atoms with Gasteiger partial charge in [0.1, 0.15) is 12.5 Å². The normalized spacial score (nSPS) is 15.5. The summed E-state index contributed by atoms with van der Waals surface area (Å²) >= 11 is -0.951. The Morgan fingerprint density at radius 1 is 1.18 bits per heavy atom. The molecular formula is C19H20O2S. The van der Waals surface area contributed by atoms with Crippen molar-refractivity contribution in [2.45, 2.75) is 36.5 Å². The predicted molar refractivity (Wildman–Crippen MR) is 90.0 cm³/mol. The van der Waals surface area contributed by atoms with E-state index in [9.17, 15) is 9.35 Å². The number of hydrogen-bond acceptors (Lipinski definition) is 2. The first kappa shape index (κ1) is 15.3. The first-order valence-electron chi connectivity index (χ1n) is 7.68. The molecule has 1 saturated carbocycles. The number of carbonyl (C=O) groups is 1. The van der Waals surface area contributed by atoms with Crippen molar-refractivity contribution in [1.82, 2.24) is 0 Å². The molecule has 114 valence electrons. The third kappa shape index (κ3) is 3.60. The molecule has 2 aromatic rings. The summed E-state index contributed by atoms with van der Waals surface area (Å²) in [4.78, 5) is 12.2. The molecule has 1 fully saturated rings. The zero-order valence-corrected chi connectivity index (χ0v) is 13.6. The molecule has 0 saturated heterocycles. The second-order valence-corrected chi connectivity index (χ2v) is 7.33. The fraction of sp³-hybridized carbons (Fsp3) is 0.316. The minimum absolute atomic E-state index is 0.670. The van der Waals surface area contributed by atoms with E-state index in [1.807, 2.05) is 18.2 Å². The molecule has 0 aliphatic heterocycles. The van der Waals surface area contributed by atoms with Crippen LogP contribution in [0.1, 0.15) is 45.8 Å². The highest BCUT2D eigenvalue weighted by Gasteiger charge is 2.23. The van der Waals surface area contributed by atoms with Crippen molar-refractivity contribution in [2.24, 2.45) is 0 Å². The van der Waals surface area contributed by atoms with Gasteiger partial charge >= 0.3 is 0 Å². The second-order valence-electron chi connectivity index (χ2n) is 5.95. The van der Waals surface area contributed by atoms with Gasteiger partial charge in [0.2, 0.25) is 0 Å². The average molecular weight is 312 g/mol. The first-order chi connectivity index (χ1) is 10.7. The standard InChI is InChI=1S/C19H20O2S/c1-22(21)19-4-2-3-14(11-19)5-6-16-9-10-17(15-7-8-15)12-18(16)13-20/h2-4,9-13,15H,5-8H2,1H3. The molecule has 0 bridgehead atoms. The summed E-state index contributed by atoms with van der Waals surface area (Å²) in [7, 11) is 0. The minimum atomic E-state index is -0.951. The van der Waals surface area contributed by atoms with Gasteiger partial charge in [-0.15, -0.1) is 0 Å². The van der Waals surface area contributed by atoms with Gasteiger partial charge in [-0.25, -0.2) is 0 Å². The Balaban J connectivity index is 1.73. The Labute approximate surface area is 134 Å². The van der Waals surface area contributed by atoms with Gasteiger partial charge in [0.05, 0.1) is 0 Å². The molecule has 0 N–H and O–H groups in total. The van der Waals surface area contributed by atoms with Crippen molar-refractivity contribution in [3.05, 3.63) is 64.7 Å². The Bertz CT molecular complexity index is 675. The lowest BCUT2D eigenvalue weighted by Crippen LogP contribution is -2.00. The topological polar surface area (TPSA) is 40.1 Å². The molecular weight excluding hydrogens is 292 g/mol. The lowest BCUT2D eigenvalue weighted by Gasteiger charge is -2.09. The van der Waals surface area contributed by atoms with Crippen molar-refractivity contribution >= 4 is 17.5 Å². The molecule has 22 heavy (non-hydrogen) atoms. The van der Waals surface area contributed by atoms with E-state index in [-0.39, 0.29) is 0 Å². The Kier molecular flexibility index (Phi) is 4.65. The Morgan fingerprint density at radius 2 is 2.00 bits per heavy atom. The summed E-state index contributed by atoms with van der Waals surface area (Å²) in [5, 5.41) is 0. The summed E-state index contributed by atoms with van der Waals surface area (Å²) < 4.78 is 11.5. The van der Waals surface area contributed by atoms with Crippen LogP contribution in [0, 0.1) is 0 Å². The molecule has 0 heterocycles. The van der Waals surface area contributed by atoms with Crippen LogP contribution in [0.15, 0.2) is 47.4 Å². The monoisotopic (exact) mass is 312 g/mol. The number of rotatable bonds is 6. The maximum Gasteiger partial charge on any atom is 0.152 e. The van der Waals surface area contributed by atoms with Gasteiger partial charge in [-0.3, -0.25) is 4.79 Å². The number of carbonyl (C=O) groups excluding carboxylic acids is 1. The molecule has 0 radical (unpaired) electrons. The fourth-order valence-electron chi connectivity index (χ4n) is 2.78. The largest absolute Gasteiger partial charge is 0.612 e. The zero-order valence-electron chi connectivity index (χ0n) is 12.7. The van der Waals surface area contributed by atoms with Crippen molar-refractivity contribution in [3.8, 4) is 0 Å². The van der Waals surface area contributed by atoms with Crippen molar-refractivity contribution in [3.63, 3.8) is 0 Å². The smallest absolute Gasteiger partial charge is 0.152 e. The number of hydrogen-bond donors (Lipinski definition) is 0. The fourth-order valence-corrected chi connectivity index (χ4v) is 3.37. The molecule has 0 amide bonds. The maximum absolute atomic E-state index is 11.5. The van der Waals surface area contributed by atoms with Crippen LogP contribution in [-0.2, 0) is 24.0 Å². The van der Waals surface area contributed by atoms with Gasteiger partial charge in [0.15, 0.2) is 4.90 Å². The highest BCUT2D eigenvalue weighted by molar-refractivity contribution is 7.90. The van der Waals surface area contributed by atoms with Gasteiger partial charge in [-0.1, -0.05) is 24.3 Å². The Hall–Kier alpha value is -1.58. The maximum atomic E-state index is 11.5. The van der Waals surface area contributed by atoms with E-state index in [0.717, 1.165) is 40.7 Å². The first-order valence-corrected chi connectivity index (χ1v) is 9.23. The van der Waals surface area contributed by atoms with Gasteiger partial charge in [-0.2, -0.15) is 0 Å². The third-order valence-corrected chi connectivity index (χ3v) is 5.18. The average Bonchev–Trinajstić information content (AvgIpc) is 3.38. The minimum Gasteiger partial charge on any atom is -0.612 e. The van der Waals surface area contributed by atoms with Crippen LogP contribution in [0.3, 0.4) is 0 Å². The molecule has 2 nitrogen and oxygen atoms in total. The van der Waals surface area contributed by atoms with Crippen LogP contribution in [0.2, 0.25) is 0 Å². The van der Waals surface area contributed by atoms with Crippen LogP contribution < -0.4 is 0 Å². The number of aryl methyl sites for hydroxylation is 2. The molecule has 0 aromatic heterocycles. The lowest BCUT2D eigenvalue weighted by atomic mass is 9.97. The van der Waals surface area contributed by atoms with Crippen LogP contribution in [0.4, 0.5) is 0 Å². The van der Waals surface area contributed by atoms with Crippen LogP contribution in [0.25, 0.3) is 0 Å². The quantitative estimate of drug-likeness (QED) is 0.599. The molecule has 3 heteroatoms. The van der Waals surface area contributed by atoms with E-state index in [1.165, 1.54) is 18.4 Å². The number of aldehydes is 1. The van der Waals surface area contributed by atoms with Gasteiger partial charge < -0.3 is 4.55 Å². The summed E-state index contributed by atoms with van der Waals surface area (Å²) in [5.41, 5.74) is 4.38. The van der Waals surface area contributed by atoms with Crippen molar-refractivity contribution in [1.29, 1.82) is 0 Å². The van der Waals surface area contributed by atoms with Crippen molar-refractivity contribution in [2.75, 3.05) is 6.26 Å². The lowest BCUT2D eigenvalue weighted by molar-refractivity contribution is 0.112. The summed E-state index contributed by atoms with van der Waals surface area (Å²) in [6, 6.07) is 14.2. The van der Waals surface area contributed by atoms with E-state index in [0.29, 0.717) is 5.92 Å². The van der Waals surface area contributed by atoms with Crippen LogP contribution in [0.5, 0.6) is 0 Å². The molecule has 1 atom stereocenters. The molecule has 2 aromatic carbocycles. The molecule has 1 aliphatic carbocycles. The summed E-state index contributed by atoms with van der Waals surface area (Å²) in [5.74, 6) is 0.670. The number of benzene rings is 2. The van der Waals surface area contributed by atoms with Crippen molar-refractivity contribution < 1.29 is 9.35 Å². The van der Waals surface area contributed by atoms with Gasteiger partial charge in [0, 0.05) is 5.56 Å². The van der Waals surface area contributed by atoms with E-state index in [4.69, 9.17) is 0 Å². The zero-order chi connectivity index (χ0) is 15.5. The van der Waals surface area contributed by atoms with E-state index >= 15 is 0 Å². The van der Waals surface area contributed by atoms with Crippen LogP contribution >= 0.6 is 0 Å². The highest BCUT2D eigenvalue weighted by Crippen LogP contribution is 2.40. The van der Waals surface area contributed by atoms with Crippen LogP contribution in [-0.4, -0.2) is 17.1 Å². The van der Waals surface area contributed by atoms with E-state index < -0.39 is 11.2 Å². The highest BCUT2D eigenvalue weighted by atomic mass is 32.2. The summed E-state index contributed by atoms with van der Waals surface area (Å²) in [6.07, 6.45) is 6.85. The van der Waals surface area contributed by atoms with E-state index in [1.54, 1.807) is 6.26 Å². The van der Waals surface area contributed by atoms with Gasteiger partial charge in [-0.05, 0) is 77.7 Å². The molecule has 0 spiro atoms. The Morgan fingerprint density at radius 3 is 2.68 bits per heavy atom. The molecule has 3 rings (SSSR count). The predicted octanol–water partition coefficient (Wildman–Crippen LogP) is 3.90. The third-order valence-electron chi connectivity index (χ3n) is 4.26. The molecule has 1 unspecified atom stereocenters. The molecule has 1 aliphatic rings. The van der Waals surface area contributed by atoms with Gasteiger partial charge in [0.25, 0.3) is 0 Å². The second kappa shape index (κ2) is 6.67.